The highest BCUT2D eigenvalue weighted by Crippen LogP contribution is 2.38. The molecule has 0 spiro atoms. The van der Waals surface area contributed by atoms with Gasteiger partial charge >= 0.3 is 6.18 Å². The number of benzene rings is 1. The van der Waals surface area contributed by atoms with Gasteiger partial charge in [0, 0.05) is 13.1 Å². The number of aromatic nitrogens is 4. The molecule has 1 atom stereocenters. The summed E-state index contributed by atoms with van der Waals surface area (Å²) in [5.41, 5.74) is 5.32. The molecular formula is C18H17ClF3N5O. The lowest BCUT2D eigenvalue weighted by Crippen LogP contribution is -2.37. The molecule has 3 aromatic rings. The summed E-state index contributed by atoms with van der Waals surface area (Å²) in [6, 6.07) is 3.51. The van der Waals surface area contributed by atoms with Gasteiger partial charge in [0.25, 0.3) is 5.56 Å². The Balaban J connectivity index is 1.87. The highest BCUT2D eigenvalue weighted by atomic mass is 35.5. The number of alkyl halides is 3. The van der Waals surface area contributed by atoms with Crippen molar-refractivity contribution in [2.75, 3.05) is 0 Å². The first kappa shape index (κ1) is 18.9. The van der Waals surface area contributed by atoms with Crippen LogP contribution in [0.2, 0.25) is 5.02 Å². The minimum Gasteiger partial charge on any atom is -0.317 e. The van der Waals surface area contributed by atoms with Crippen LogP contribution in [0.1, 0.15) is 42.6 Å². The molecule has 2 aromatic heterocycles. The average Bonchev–Trinajstić information content (AvgIpc) is 3.36. The van der Waals surface area contributed by atoms with Crippen molar-refractivity contribution < 1.29 is 13.2 Å². The van der Waals surface area contributed by atoms with E-state index in [1.807, 2.05) is 0 Å². The predicted molar refractivity (Wildman–Crippen MR) is 98.1 cm³/mol. The number of hydrogen-bond acceptors (Lipinski definition) is 4. The summed E-state index contributed by atoms with van der Waals surface area (Å²) in [6.45, 7) is 1.62. The van der Waals surface area contributed by atoms with Gasteiger partial charge in [-0.3, -0.25) is 14.0 Å². The molecule has 2 N–H and O–H groups in total. The van der Waals surface area contributed by atoms with E-state index in [0.717, 1.165) is 18.9 Å². The van der Waals surface area contributed by atoms with Gasteiger partial charge in [-0.25, -0.2) is 4.98 Å². The molecule has 1 saturated carbocycles. The maximum absolute atomic E-state index is 13.0. The number of fused-ring (bicyclic) bond motifs is 1. The molecule has 10 heteroatoms. The van der Waals surface area contributed by atoms with Crippen LogP contribution >= 0.6 is 11.6 Å². The Bertz CT molecular complexity index is 1140. The van der Waals surface area contributed by atoms with Crippen LogP contribution in [0.4, 0.5) is 13.2 Å². The van der Waals surface area contributed by atoms with Crippen molar-refractivity contribution in [2.45, 2.75) is 37.5 Å². The second-order valence-corrected chi connectivity index (χ2v) is 7.66. The maximum Gasteiger partial charge on any atom is 0.417 e. The van der Waals surface area contributed by atoms with E-state index < -0.39 is 22.3 Å². The Labute approximate surface area is 162 Å². The summed E-state index contributed by atoms with van der Waals surface area (Å²) in [6.07, 6.45) is -1.24. The Morgan fingerprint density at radius 2 is 1.93 bits per heavy atom. The second kappa shape index (κ2) is 6.05. The van der Waals surface area contributed by atoms with E-state index in [1.165, 1.54) is 23.1 Å². The van der Waals surface area contributed by atoms with Crippen LogP contribution in [0.5, 0.6) is 0 Å². The summed E-state index contributed by atoms with van der Waals surface area (Å²) in [7, 11) is 1.62. The number of nitrogens with zero attached hydrogens (tertiary/aromatic N) is 4. The zero-order chi connectivity index (χ0) is 20.4. The summed E-state index contributed by atoms with van der Waals surface area (Å²) < 4.78 is 42.0. The summed E-state index contributed by atoms with van der Waals surface area (Å²) in [5.74, 6) is 0. The lowest BCUT2D eigenvalue weighted by molar-refractivity contribution is -0.137. The maximum atomic E-state index is 13.0. The SMILES string of the molecule is Cn1nc2c(=O)n(C3CC3)cnc2c1[C@@](C)(N)c1ccc(C(F)(F)F)c(Cl)c1. The minimum absolute atomic E-state index is 0.146. The minimum atomic E-state index is -4.56. The van der Waals surface area contributed by atoms with E-state index in [1.54, 1.807) is 18.5 Å². The molecule has 4 rings (SSSR count). The van der Waals surface area contributed by atoms with E-state index >= 15 is 0 Å². The molecule has 28 heavy (non-hydrogen) atoms. The normalized spacial score (nSPS) is 17.1. The summed E-state index contributed by atoms with van der Waals surface area (Å²) in [5, 5.41) is 3.84. The quantitative estimate of drug-likeness (QED) is 0.716. The van der Waals surface area contributed by atoms with Gasteiger partial charge in [0.15, 0.2) is 5.52 Å². The lowest BCUT2D eigenvalue weighted by Gasteiger charge is -2.26. The zero-order valence-corrected chi connectivity index (χ0v) is 15.8. The predicted octanol–water partition coefficient (Wildman–Crippen LogP) is 3.36. The molecule has 1 fully saturated rings. The van der Waals surface area contributed by atoms with Gasteiger partial charge in [0.2, 0.25) is 0 Å². The van der Waals surface area contributed by atoms with Crippen LogP contribution in [0.15, 0.2) is 29.3 Å². The molecule has 1 aliphatic carbocycles. The van der Waals surface area contributed by atoms with E-state index in [9.17, 15) is 18.0 Å². The molecule has 0 amide bonds. The van der Waals surface area contributed by atoms with Gasteiger partial charge in [-0.1, -0.05) is 17.7 Å². The van der Waals surface area contributed by atoms with Crippen molar-refractivity contribution in [1.29, 1.82) is 0 Å². The monoisotopic (exact) mass is 411 g/mol. The second-order valence-electron chi connectivity index (χ2n) is 7.25. The van der Waals surface area contributed by atoms with E-state index in [-0.39, 0.29) is 17.1 Å². The Morgan fingerprint density at radius 3 is 2.50 bits per heavy atom. The number of aryl methyl sites for hydroxylation is 1. The highest BCUT2D eigenvalue weighted by molar-refractivity contribution is 6.31. The fraction of sp³-hybridized carbons (Fsp3) is 0.389. The molecule has 1 aliphatic rings. The van der Waals surface area contributed by atoms with Crippen LogP contribution < -0.4 is 11.3 Å². The molecule has 148 valence electrons. The van der Waals surface area contributed by atoms with E-state index in [2.05, 4.69) is 10.1 Å². The van der Waals surface area contributed by atoms with Crippen LogP contribution in [-0.2, 0) is 18.8 Å². The smallest absolute Gasteiger partial charge is 0.317 e. The third-order valence-corrected chi connectivity index (χ3v) is 5.39. The van der Waals surface area contributed by atoms with E-state index in [0.29, 0.717) is 16.8 Å². The molecule has 0 unspecified atom stereocenters. The van der Waals surface area contributed by atoms with Gasteiger partial charge in [0.05, 0.1) is 28.1 Å². The van der Waals surface area contributed by atoms with Crippen molar-refractivity contribution in [3.8, 4) is 0 Å². The first-order chi connectivity index (χ1) is 13.0. The first-order valence-corrected chi connectivity index (χ1v) is 9.00. The van der Waals surface area contributed by atoms with Crippen molar-refractivity contribution in [3.63, 3.8) is 0 Å². The van der Waals surface area contributed by atoms with Gasteiger partial charge in [-0.15, -0.1) is 0 Å². The number of rotatable bonds is 3. The largest absolute Gasteiger partial charge is 0.417 e. The fourth-order valence-corrected chi connectivity index (χ4v) is 3.76. The number of halogens is 4. The summed E-state index contributed by atoms with van der Waals surface area (Å²) in [4.78, 5) is 17.1. The topological polar surface area (TPSA) is 78.7 Å². The Kier molecular flexibility index (Phi) is 4.10. The van der Waals surface area contributed by atoms with Crippen LogP contribution in [0.3, 0.4) is 0 Å². The lowest BCUT2D eigenvalue weighted by atomic mass is 9.88. The van der Waals surface area contributed by atoms with Crippen molar-refractivity contribution in [2.24, 2.45) is 12.8 Å². The number of hydrogen-bond donors (Lipinski definition) is 1. The third-order valence-electron chi connectivity index (χ3n) is 5.08. The zero-order valence-electron chi connectivity index (χ0n) is 15.1. The Hall–Kier alpha value is -2.39. The van der Waals surface area contributed by atoms with Crippen molar-refractivity contribution >= 4 is 22.6 Å². The Morgan fingerprint density at radius 1 is 1.25 bits per heavy atom. The molecule has 0 bridgehead atoms. The van der Waals surface area contributed by atoms with Gasteiger partial charge in [-0.2, -0.15) is 18.3 Å². The molecule has 0 aliphatic heterocycles. The molecule has 0 radical (unpaired) electrons. The molecule has 0 saturated heterocycles. The standard InChI is InChI=1S/C18H17ClF3N5O/c1-17(23,9-3-6-11(12(19)7-9)18(20,21)22)15-13-14(25-26(15)2)16(28)27(8-24-13)10-4-5-10/h3,6-8,10H,4-5,23H2,1-2H3/t17-/m0/s1. The number of nitrogens with two attached hydrogens (primary N) is 1. The van der Waals surface area contributed by atoms with Gasteiger partial charge in [-0.05, 0) is 37.5 Å². The first-order valence-electron chi connectivity index (χ1n) is 8.62. The molecular weight excluding hydrogens is 395 g/mol. The summed E-state index contributed by atoms with van der Waals surface area (Å²) >= 11 is 5.86. The molecule has 2 heterocycles. The molecule has 6 nitrogen and oxygen atoms in total. The van der Waals surface area contributed by atoms with E-state index in [4.69, 9.17) is 17.3 Å². The molecule has 1 aromatic carbocycles. The fourth-order valence-electron chi connectivity index (χ4n) is 3.47. The van der Waals surface area contributed by atoms with Crippen LogP contribution in [-0.4, -0.2) is 19.3 Å². The average molecular weight is 412 g/mol. The third kappa shape index (κ3) is 2.89. The van der Waals surface area contributed by atoms with Crippen molar-refractivity contribution in [1.82, 2.24) is 19.3 Å². The van der Waals surface area contributed by atoms with Gasteiger partial charge < -0.3 is 5.73 Å². The van der Waals surface area contributed by atoms with Crippen LogP contribution in [0.25, 0.3) is 11.0 Å². The highest BCUT2D eigenvalue weighted by Gasteiger charge is 2.37. The van der Waals surface area contributed by atoms with Crippen LogP contribution in [0, 0.1) is 0 Å². The van der Waals surface area contributed by atoms with Crippen molar-refractivity contribution in [3.05, 3.63) is 56.7 Å². The van der Waals surface area contributed by atoms with Gasteiger partial charge in [0.1, 0.15) is 5.52 Å².